The summed E-state index contributed by atoms with van der Waals surface area (Å²) in [6.07, 6.45) is 1.69. The number of carbonyl (C=O) groups is 2. The highest BCUT2D eigenvalue weighted by molar-refractivity contribution is 6.30. The van der Waals surface area contributed by atoms with E-state index in [9.17, 15) is 9.59 Å². The molecule has 152 valence electrons. The third kappa shape index (κ3) is 4.18. The summed E-state index contributed by atoms with van der Waals surface area (Å²) in [6, 6.07) is 11.9. The number of aromatic nitrogens is 3. The van der Waals surface area contributed by atoms with Crippen molar-refractivity contribution < 1.29 is 18.4 Å². The van der Waals surface area contributed by atoms with E-state index < -0.39 is 5.91 Å². The van der Waals surface area contributed by atoms with Gasteiger partial charge in [-0.15, -0.1) is 0 Å². The molecule has 30 heavy (non-hydrogen) atoms. The Balaban J connectivity index is 1.50. The van der Waals surface area contributed by atoms with Crippen LogP contribution in [0.3, 0.4) is 0 Å². The van der Waals surface area contributed by atoms with Gasteiger partial charge in [0.15, 0.2) is 34.7 Å². The molecule has 0 bridgehead atoms. The number of rotatable bonds is 6. The van der Waals surface area contributed by atoms with Gasteiger partial charge in [-0.3, -0.25) is 14.3 Å². The van der Waals surface area contributed by atoms with Crippen LogP contribution in [0.1, 0.15) is 39.6 Å². The molecule has 4 rings (SSSR count). The van der Waals surface area contributed by atoms with Gasteiger partial charge in [0.2, 0.25) is 0 Å². The second-order valence-electron chi connectivity index (χ2n) is 6.59. The fourth-order valence-electron chi connectivity index (χ4n) is 2.88. The number of anilines is 1. The van der Waals surface area contributed by atoms with Crippen LogP contribution in [0.25, 0.3) is 11.3 Å². The van der Waals surface area contributed by atoms with Crippen molar-refractivity contribution >= 4 is 29.1 Å². The molecule has 0 aliphatic rings. The largest absolute Gasteiger partial charge is 0.456 e. The van der Waals surface area contributed by atoms with E-state index in [1.165, 1.54) is 6.92 Å². The number of amides is 1. The quantitative estimate of drug-likeness (QED) is 0.454. The molecule has 0 spiro atoms. The number of ketones is 1. The number of nitrogens with one attached hydrogen (secondary N) is 1. The maximum Gasteiger partial charge on any atom is 0.279 e. The second kappa shape index (κ2) is 8.00. The number of oxazole rings is 1. The molecule has 1 aromatic carbocycles. The van der Waals surface area contributed by atoms with Gasteiger partial charge < -0.3 is 14.2 Å². The molecule has 0 saturated heterocycles. The third-order valence-electron chi connectivity index (χ3n) is 4.26. The Kier molecular flexibility index (Phi) is 5.24. The first-order valence-electron chi connectivity index (χ1n) is 9.07. The normalized spacial score (nSPS) is 10.9. The van der Waals surface area contributed by atoms with E-state index in [0.29, 0.717) is 46.1 Å². The van der Waals surface area contributed by atoms with Crippen LogP contribution in [0.4, 0.5) is 5.82 Å². The summed E-state index contributed by atoms with van der Waals surface area (Å²) >= 11 is 5.93. The number of furan rings is 1. The summed E-state index contributed by atoms with van der Waals surface area (Å²) < 4.78 is 12.7. The lowest BCUT2D eigenvalue weighted by molar-refractivity contribution is 0.0983. The Bertz CT molecular complexity index is 1220. The number of Topliss-reactive ketones (excluding diaryl/α,β-unsaturated/α-hetero) is 1. The fraction of sp³-hybridized carbons (Fsp3) is 0.143. The summed E-state index contributed by atoms with van der Waals surface area (Å²) in [7, 11) is 0. The van der Waals surface area contributed by atoms with Gasteiger partial charge in [0.25, 0.3) is 5.91 Å². The highest BCUT2D eigenvalue weighted by Crippen LogP contribution is 2.27. The van der Waals surface area contributed by atoms with Crippen molar-refractivity contribution in [3.05, 3.63) is 76.8 Å². The molecule has 0 unspecified atom stereocenters. The van der Waals surface area contributed by atoms with Gasteiger partial charge >= 0.3 is 0 Å². The van der Waals surface area contributed by atoms with Crippen molar-refractivity contribution in [2.75, 3.05) is 5.32 Å². The van der Waals surface area contributed by atoms with Gasteiger partial charge in [-0.05, 0) is 36.4 Å². The van der Waals surface area contributed by atoms with Crippen LogP contribution in [0.2, 0.25) is 5.02 Å². The van der Waals surface area contributed by atoms with E-state index in [4.69, 9.17) is 20.4 Å². The lowest BCUT2D eigenvalue weighted by Crippen LogP contribution is -2.14. The van der Waals surface area contributed by atoms with E-state index in [-0.39, 0.29) is 11.5 Å². The molecule has 9 heteroatoms. The van der Waals surface area contributed by atoms with E-state index >= 15 is 0 Å². The molecule has 1 N–H and O–H groups in total. The van der Waals surface area contributed by atoms with Gasteiger partial charge in [0.05, 0.1) is 6.54 Å². The van der Waals surface area contributed by atoms with Crippen LogP contribution in [-0.2, 0) is 6.54 Å². The zero-order valence-electron chi connectivity index (χ0n) is 16.2. The van der Waals surface area contributed by atoms with E-state index in [0.717, 1.165) is 0 Å². The molecular formula is C21H17ClN4O4. The second-order valence-corrected chi connectivity index (χ2v) is 7.03. The van der Waals surface area contributed by atoms with Gasteiger partial charge in [-0.2, -0.15) is 5.10 Å². The van der Waals surface area contributed by atoms with E-state index in [2.05, 4.69) is 15.4 Å². The lowest BCUT2D eigenvalue weighted by Gasteiger charge is -2.02. The Labute approximate surface area is 176 Å². The van der Waals surface area contributed by atoms with Crippen LogP contribution in [0, 0.1) is 6.92 Å². The number of aryl methyl sites for hydroxylation is 1. The number of halogens is 1. The molecule has 0 radical (unpaired) electrons. The average molecular weight is 425 g/mol. The van der Waals surface area contributed by atoms with Gasteiger partial charge in [0.1, 0.15) is 5.76 Å². The summed E-state index contributed by atoms with van der Waals surface area (Å²) in [5.41, 5.74) is 0.844. The summed E-state index contributed by atoms with van der Waals surface area (Å²) in [4.78, 5) is 28.3. The third-order valence-corrected chi connectivity index (χ3v) is 4.52. The summed E-state index contributed by atoms with van der Waals surface area (Å²) in [5.74, 6) is 1.36. The van der Waals surface area contributed by atoms with Crippen molar-refractivity contribution in [3.63, 3.8) is 0 Å². The highest BCUT2D eigenvalue weighted by Gasteiger charge is 2.21. The average Bonchev–Trinajstić information content (AvgIpc) is 3.43. The van der Waals surface area contributed by atoms with Crippen LogP contribution >= 0.6 is 11.6 Å². The molecule has 8 nitrogen and oxygen atoms in total. The van der Waals surface area contributed by atoms with Crippen molar-refractivity contribution in [2.24, 2.45) is 0 Å². The molecule has 4 aromatic rings. The Morgan fingerprint density at radius 2 is 1.87 bits per heavy atom. The minimum Gasteiger partial charge on any atom is -0.456 e. The van der Waals surface area contributed by atoms with Gasteiger partial charge in [-0.25, -0.2) is 4.98 Å². The molecule has 3 aromatic heterocycles. The molecular weight excluding hydrogens is 408 g/mol. The summed E-state index contributed by atoms with van der Waals surface area (Å²) in [5, 5.41) is 7.61. The van der Waals surface area contributed by atoms with Crippen LogP contribution in [0.15, 0.2) is 57.5 Å². The SMILES string of the molecule is CC(=O)c1ccc(Cn2ccc(NC(=O)c3nc(C)oc3-c3ccc(Cl)cc3)n2)o1. The highest BCUT2D eigenvalue weighted by atomic mass is 35.5. The molecule has 0 fully saturated rings. The number of nitrogens with zero attached hydrogens (tertiary/aromatic N) is 3. The van der Waals surface area contributed by atoms with Crippen LogP contribution in [-0.4, -0.2) is 26.5 Å². The first-order valence-corrected chi connectivity index (χ1v) is 9.44. The first-order chi connectivity index (χ1) is 14.4. The zero-order valence-corrected chi connectivity index (χ0v) is 16.9. The van der Waals surface area contributed by atoms with Crippen LogP contribution in [0.5, 0.6) is 0 Å². The fourth-order valence-corrected chi connectivity index (χ4v) is 3.01. The Morgan fingerprint density at radius 3 is 2.57 bits per heavy atom. The predicted molar refractivity (Wildman–Crippen MR) is 110 cm³/mol. The number of carbonyl (C=O) groups excluding carboxylic acids is 2. The molecule has 0 aliphatic heterocycles. The molecule has 3 heterocycles. The van der Waals surface area contributed by atoms with Gasteiger partial charge in [0, 0.05) is 36.7 Å². The Hall–Kier alpha value is -3.65. The van der Waals surface area contributed by atoms with Gasteiger partial charge in [-0.1, -0.05) is 11.6 Å². The molecule has 0 saturated carbocycles. The minimum absolute atomic E-state index is 0.144. The van der Waals surface area contributed by atoms with E-state index in [1.54, 1.807) is 60.3 Å². The maximum absolute atomic E-state index is 12.8. The zero-order chi connectivity index (χ0) is 21.3. The monoisotopic (exact) mass is 424 g/mol. The first kappa shape index (κ1) is 19.7. The van der Waals surface area contributed by atoms with E-state index in [1.807, 2.05) is 0 Å². The lowest BCUT2D eigenvalue weighted by atomic mass is 10.1. The molecule has 0 atom stereocenters. The van der Waals surface area contributed by atoms with Crippen molar-refractivity contribution in [3.8, 4) is 11.3 Å². The number of benzene rings is 1. The number of hydrogen-bond donors (Lipinski definition) is 1. The van der Waals surface area contributed by atoms with Crippen LogP contribution < -0.4 is 5.32 Å². The topological polar surface area (TPSA) is 103 Å². The Morgan fingerprint density at radius 1 is 1.10 bits per heavy atom. The smallest absolute Gasteiger partial charge is 0.279 e. The predicted octanol–water partition coefficient (Wildman–Crippen LogP) is 4.60. The summed E-state index contributed by atoms with van der Waals surface area (Å²) in [6.45, 7) is 3.43. The standard InChI is InChI=1S/C21H17ClN4O4/c1-12(27)17-8-7-16(30-17)11-26-10-9-18(25-26)24-21(28)19-20(29-13(2)23-19)14-3-5-15(22)6-4-14/h3-10H,11H2,1-2H3,(H,24,25,28). The van der Waals surface area contributed by atoms with Crippen molar-refractivity contribution in [2.45, 2.75) is 20.4 Å². The maximum atomic E-state index is 12.8. The number of hydrogen-bond acceptors (Lipinski definition) is 6. The minimum atomic E-state index is -0.445. The van der Waals surface area contributed by atoms with Crippen molar-refractivity contribution in [1.82, 2.24) is 14.8 Å². The molecule has 0 aliphatic carbocycles. The molecule has 1 amide bonds. The van der Waals surface area contributed by atoms with Crippen molar-refractivity contribution in [1.29, 1.82) is 0 Å².